The molecule has 1 aromatic heterocycles. The molecule has 0 saturated carbocycles. The Hall–Kier alpha value is -1.57. The number of nitrogens with one attached hydrogen (secondary N) is 1. The van der Waals surface area contributed by atoms with E-state index in [2.05, 4.69) is 37.4 Å². The van der Waals surface area contributed by atoms with Crippen molar-refractivity contribution in [2.24, 2.45) is 0 Å². The highest BCUT2D eigenvalue weighted by Gasteiger charge is 2.19. The Morgan fingerprint density at radius 1 is 1.22 bits per heavy atom. The third-order valence-corrected chi connectivity index (χ3v) is 3.86. The minimum absolute atomic E-state index is 0.974. The molecule has 2 aromatic rings. The molecule has 0 saturated heterocycles. The molecule has 2 heteroatoms. The first-order chi connectivity index (χ1) is 8.85. The number of hydrogen-bond acceptors (Lipinski definition) is 2. The SMILES string of the molecule is CCNc1c2c(nc3c(CC)cccc13)CCC2. The highest BCUT2D eigenvalue weighted by Crippen LogP contribution is 2.35. The standard InChI is InChI=1S/C16H20N2/c1-3-11-7-5-9-13-15(11)18-14-10-6-8-12(14)16(13)17-4-2/h5,7,9H,3-4,6,8,10H2,1-2H3,(H,17,18). The predicted molar refractivity (Wildman–Crippen MR) is 77.3 cm³/mol. The van der Waals surface area contributed by atoms with Gasteiger partial charge in [0.1, 0.15) is 0 Å². The second kappa shape index (κ2) is 4.60. The van der Waals surface area contributed by atoms with E-state index in [0.29, 0.717) is 0 Å². The topological polar surface area (TPSA) is 24.9 Å². The fourth-order valence-electron chi connectivity index (χ4n) is 3.01. The number of aryl methyl sites for hydroxylation is 2. The van der Waals surface area contributed by atoms with Crippen LogP contribution < -0.4 is 5.32 Å². The zero-order valence-electron chi connectivity index (χ0n) is 11.2. The Morgan fingerprint density at radius 2 is 2.11 bits per heavy atom. The van der Waals surface area contributed by atoms with Gasteiger partial charge in [-0.1, -0.05) is 25.1 Å². The maximum Gasteiger partial charge on any atom is 0.0758 e. The van der Waals surface area contributed by atoms with Crippen LogP contribution in [-0.2, 0) is 19.3 Å². The van der Waals surface area contributed by atoms with Crippen LogP contribution in [-0.4, -0.2) is 11.5 Å². The largest absolute Gasteiger partial charge is 0.384 e. The number of benzene rings is 1. The van der Waals surface area contributed by atoms with Gasteiger partial charge in [0.15, 0.2) is 0 Å². The molecule has 1 aliphatic rings. The number of pyridine rings is 1. The summed E-state index contributed by atoms with van der Waals surface area (Å²) in [4.78, 5) is 4.93. The van der Waals surface area contributed by atoms with Gasteiger partial charge in [0, 0.05) is 23.3 Å². The summed E-state index contributed by atoms with van der Waals surface area (Å²) in [5, 5.41) is 4.86. The molecule has 2 nitrogen and oxygen atoms in total. The van der Waals surface area contributed by atoms with E-state index in [1.165, 1.54) is 46.3 Å². The number of anilines is 1. The summed E-state index contributed by atoms with van der Waals surface area (Å²) in [7, 11) is 0. The van der Waals surface area contributed by atoms with Gasteiger partial charge in [-0.15, -0.1) is 0 Å². The first-order valence-corrected chi connectivity index (χ1v) is 7.02. The molecule has 0 unspecified atom stereocenters. The summed E-state index contributed by atoms with van der Waals surface area (Å²) in [6, 6.07) is 6.57. The smallest absolute Gasteiger partial charge is 0.0758 e. The molecule has 0 spiro atoms. The lowest BCUT2D eigenvalue weighted by Crippen LogP contribution is -2.04. The van der Waals surface area contributed by atoms with Gasteiger partial charge >= 0.3 is 0 Å². The predicted octanol–water partition coefficient (Wildman–Crippen LogP) is 3.72. The van der Waals surface area contributed by atoms with Crippen LogP contribution in [0, 0.1) is 0 Å². The molecular weight excluding hydrogens is 220 g/mol. The number of rotatable bonds is 3. The van der Waals surface area contributed by atoms with E-state index >= 15 is 0 Å². The maximum absolute atomic E-state index is 4.93. The van der Waals surface area contributed by atoms with Gasteiger partial charge in [-0.2, -0.15) is 0 Å². The third-order valence-electron chi connectivity index (χ3n) is 3.86. The number of hydrogen-bond donors (Lipinski definition) is 1. The summed E-state index contributed by atoms with van der Waals surface area (Å²) in [5.41, 5.74) is 6.68. The lowest BCUT2D eigenvalue weighted by Gasteiger charge is -2.15. The van der Waals surface area contributed by atoms with Gasteiger partial charge in [0.2, 0.25) is 0 Å². The van der Waals surface area contributed by atoms with E-state index in [9.17, 15) is 0 Å². The lowest BCUT2D eigenvalue weighted by atomic mass is 10.0. The Morgan fingerprint density at radius 3 is 2.89 bits per heavy atom. The van der Waals surface area contributed by atoms with Crippen molar-refractivity contribution in [1.82, 2.24) is 4.98 Å². The molecule has 1 aromatic carbocycles. The minimum Gasteiger partial charge on any atom is -0.384 e. The Labute approximate surface area is 108 Å². The Balaban J connectivity index is 2.33. The molecule has 0 atom stereocenters. The van der Waals surface area contributed by atoms with Crippen molar-refractivity contribution in [2.45, 2.75) is 39.5 Å². The van der Waals surface area contributed by atoms with Crippen molar-refractivity contribution in [3.05, 3.63) is 35.0 Å². The first kappa shape index (κ1) is 11.5. The van der Waals surface area contributed by atoms with Crippen LogP contribution in [0.2, 0.25) is 0 Å². The van der Waals surface area contributed by atoms with Gasteiger partial charge in [-0.3, -0.25) is 4.98 Å². The molecule has 0 bridgehead atoms. The van der Waals surface area contributed by atoms with Gasteiger partial charge in [-0.25, -0.2) is 0 Å². The van der Waals surface area contributed by atoms with Gasteiger partial charge in [0.05, 0.1) is 5.52 Å². The fourth-order valence-corrected chi connectivity index (χ4v) is 3.01. The summed E-state index contributed by atoms with van der Waals surface area (Å²) < 4.78 is 0. The third kappa shape index (κ3) is 1.67. The molecule has 1 N–H and O–H groups in total. The average molecular weight is 240 g/mol. The van der Waals surface area contributed by atoms with Crippen LogP contribution in [0.15, 0.2) is 18.2 Å². The van der Waals surface area contributed by atoms with E-state index in [1.54, 1.807) is 0 Å². The summed E-state index contributed by atoms with van der Waals surface area (Å²) >= 11 is 0. The van der Waals surface area contributed by atoms with E-state index in [1.807, 2.05) is 0 Å². The Kier molecular flexibility index (Phi) is 2.94. The molecule has 1 aliphatic carbocycles. The molecule has 0 radical (unpaired) electrons. The second-order valence-corrected chi connectivity index (χ2v) is 4.96. The lowest BCUT2D eigenvalue weighted by molar-refractivity contribution is 0.900. The summed E-state index contributed by atoms with van der Waals surface area (Å²) in [6.45, 7) is 5.34. The summed E-state index contributed by atoms with van der Waals surface area (Å²) in [6.07, 6.45) is 4.62. The second-order valence-electron chi connectivity index (χ2n) is 4.96. The normalized spacial score (nSPS) is 13.9. The minimum atomic E-state index is 0.974. The number of aromatic nitrogens is 1. The molecule has 3 rings (SSSR count). The van der Waals surface area contributed by atoms with Gasteiger partial charge in [-0.05, 0) is 43.7 Å². The van der Waals surface area contributed by atoms with Gasteiger partial charge < -0.3 is 5.32 Å². The van der Waals surface area contributed by atoms with Crippen LogP contribution >= 0.6 is 0 Å². The number of para-hydroxylation sites is 1. The van der Waals surface area contributed by atoms with Crippen LogP contribution in [0.5, 0.6) is 0 Å². The van der Waals surface area contributed by atoms with Crippen LogP contribution in [0.1, 0.15) is 37.1 Å². The van der Waals surface area contributed by atoms with Crippen LogP contribution in [0.4, 0.5) is 5.69 Å². The van der Waals surface area contributed by atoms with E-state index < -0.39 is 0 Å². The Bertz CT molecular complexity index is 587. The van der Waals surface area contributed by atoms with Crippen molar-refractivity contribution in [3.63, 3.8) is 0 Å². The van der Waals surface area contributed by atoms with Gasteiger partial charge in [0.25, 0.3) is 0 Å². The number of fused-ring (bicyclic) bond motifs is 2. The zero-order chi connectivity index (χ0) is 12.5. The first-order valence-electron chi connectivity index (χ1n) is 7.02. The van der Waals surface area contributed by atoms with E-state index in [-0.39, 0.29) is 0 Å². The van der Waals surface area contributed by atoms with Crippen molar-refractivity contribution >= 4 is 16.6 Å². The van der Waals surface area contributed by atoms with E-state index in [4.69, 9.17) is 4.98 Å². The van der Waals surface area contributed by atoms with E-state index in [0.717, 1.165) is 19.4 Å². The monoisotopic (exact) mass is 240 g/mol. The van der Waals surface area contributed by atoms with Crippen molar-refractivity contribution < 1.29 is 0 Å². The summed E-state index contributed by atoms with van der Waals surface area (Å²) in [5.74, 6) is 0. The molecule has 1 heterocycles. The average Bonchev–Trinajstić information content (AvgIpc) is 2.86. The quantitative estimate of drug-likeness (QED) is 0.884. The van der Waals surface area contributed by atoms with Crippen molar-refractivity contribution in [2.75, 3.05) is 11.9 Å². The number of nitrogens with zero attached hydrogens (tertiary/aromatic N) is 1. The maximum atomic E-state index is 4.93. The molecule has 0 fully saturated rings. The van der Waals surface area contributed by atoms with Crippen molar-refractivity contribution in [3.8, 4) is 0 Å². The molecule has 0 amide bonds. The molecular formula is C16H20N2. The highest BCUT2D eigenvalue weighted by molar-refractivity contribution is 5.95. The van der Waals surface area contributed by atoms with Crippen LogP contribution in [0.25, 0.3) is 10.9 Å². The van der Waals surface area contributed by atoms with Crippen molar-refractivity contribution in [1.29, 1.82) is 0 Å². The molecule has 18 heavy (non-hydrogen) atoms. The van der Waals surface area contributed by atoms with Crippen LogP contribution in [0.3, 0.4) is 0 Å². The highest BCUT2D eigenvalue weighted by atomic mass is 14.9. The molecule has 94 valence electrons. The zero-order valence-corrected chi connectivity index (χ0v) is 11.2. The fraction of sp³-hybridized carbons (Fsp3) is 0.438. The molecule has 0 aliphatic heterocycles.